The number of rotatable bonds is 12. The number of hydrogen-bond acceptors (Lipinski definition) is 4. The fraction of sp³-hybridized carbons (Fsp3) is 0.310. The molecule has 0 bridgehead atoms. The zero-order chi connectivity index (χ0) is 27.7. The Morgan fingerprint density at radius 3 is 2.11 bits per heavy atom. The number of nitrogens with one attached hydrogen (secondary N) is 1. The van der Waals surface area contributed by atoms with Crippen molar-refractivity contribution < 1.29 is 18.0 Å². The molecule has 0 aliphatic rings. The number of carbonyl (C=O) groups is 2. The van der Waals surface area contributed by atoms with E-state index in [2.05, 4.69) is 21.2 Å². The first-order chi connectivity index (χ1) is 18.2. The van der Waals surface area contributed by atoms with E-state index in [4.69, 9.17) is 0 Å². The molecule has 202 valence electrons. The van der Waals surface area contributed by atoms with Gasteiger partial charge in [0.1, 0.15) is 12.6 Å². The smallest absolute Gasteiger partial charge is 0.264 e. The molecule has 0 spiro atoms. The van der Waals surface area contributed by atoms with Gasteiger partial charge in [-0.3, -0.25) is 13.9 Å². The van der Waals surface area contributed by atoms with Crippen molar-refractivity contribution in [3.8, 4) is 0 Å². The predicted octanol–water partition coefficient (Wildman–Crippen LogP) is 5.37. The van der Waals surface area contributed by atoms with E-state index in [1.54, 1.807) is 42.5 Å². The van der Waals surface area contributed by atoms with E-state index in [0.717, 1.165) is 16.3 Å². The monoisotopic (exact) mass is 599 g/mol. The Bertz CT molecular complexity index is 1320. The van der Waals surface area contributed by atoms with Crippen LogP contribution >= 0.6 is 15.9 Å². The van der Waals surface area contributed by atoms with Crippen molar-refractivity contribution in [3.63, 3.8) is 0 Å². The van der Waals surface area contributed by atoms with Crippen molar-refractivity contribution in [3.05, 3.63) is 95.0 Å². The van der Waals surface area contributed by atoms with E-state index in [0.29, 0.717) is 16.6 Å². The van der Waals surface area contributed by atoms with Crippen LogP contribution in [-0.4, -0.2) is 43.8 Å². The largest absolute Gasteiger partial charge is 0.352 e. The highest BCUT2D eigenvalue weighted by atomic mass is 79.9. The maximum absolute atomic E-state index is 14.0. The molecule has 0 saturated heterocycles. The lowest BCUT2D eigenvalue weighted by molar-refractivity contribution is -0.140. The van der Waals surface area contributed by atoms with Gasteiger partial charge in [-0.2, -0.15) is 0 Å². The van der Waals surface area contributed by atoms with Gasteiger partial charge in [-0.1, -0.05) is 84.4 Å². The number of carbonyl (C=O) groups excluding carboxylic acids is 2. The van der Waals surface area contributed by atoms with Gasteiger partial charge in [0.25, 0.3) is 10.0 Å². The van der Waals surface area contributed by atoms with Crippen LogP contribution in [0.3, 0.4) is 0 Å². The van der Waals surface area contributed by atoms with Gasteiger partial charge in [0.15, 0.2) is 0 Å². The Kier molecular flexibility index (Phi) is 10.5. The van der Waals surface area contributed by atoms with Gasteiger partial charge in [-0.25, -0.2) is 8.42 Å². The molecule has 0 aliphatic carbocycles. The summed E-state index contributed by atoms with van der Waals surface area (Å²) >= 11 is 3.41. The number of anilines is 1. The lowest BCUT2D eigenvalue weighted by Gasteiger charge is -2.33. The molecule has 2 unspecified atom stereocenters. The van der Waals surface area contributed by atoms with E-state index in [1.165, 1.54) is 17.0 Å². The molecule has 0 saturated carbocycles. The summed E-state index contributed by atoms with van der Waals surface area (Å²) in [7, 11) is -4.08. The van der Waals surface area contributed by atoms with E-state index in [9.17, 15) is 18.0 Å². The second-order valence-electron chi connectivity index (χ2n) is 9.05. The van der Waals surface area contributed by atoms with Crippen LogP contribution in [0.5, 0.6) is 0 Å². The molecule has 1 N–H and O–H groups in total. The average molecular weight is 601 g/mol. The van der Waals surface area contributed by atoms with Crippen molar-refractivity contribution >= 4 is 43.5 Å². The van der Waals surface area contributed by atoms with E-state index < -0.39 is 28.5 Å². The normalized spacial score (nSPS) is 12.8. The third-order valence-corrected chi connectivity index (χ3v) is 8.57. The zero-order valence-corrected chi connectivity index (χ0v) is 24.3. The molecule has 9 heteroatoms. The minimum Gasteiger partial charge on any atom is -0.352 e. The summed E-state index contributed by atoms with van der Waals surface area (Å²) in [6, 6.07) is 23.4. The van der Waals surface area contributed by atoms with Crippen LogP contribution < -0.4 is 9.62 Å². The topological polar surface area (TPSA) is 86.8 Å². The van der Waals surface area contributed by atoms with Crippen LogP contribution in [0.2, 0.25) is 0 Å². The third kappa shape index (κ3) is 7.45. The quantitative estimate of drug-likeness (QED) is 0.303. The summed E-state index contributed by atoms with van der Waals surface area (Å²) < 4.78 is 29.3. The predicted molar refractivity (Wildman–Crippen MR) is 154 cm³/mol. The van der Waals surface area contributed by atoms with Crippen molar-refractivity contribution in [2.75, 3.05) is 10.8 Å². The Labute approximate surface area is 234 Å². The minimum atomic E-state index is -4.08. The van der Waals surface area contributed by atoms with Gasteiger partial charge >= 0.3 is 0 Å². The number of hydrogen-bond donors (Lipinski definition) is 1. The summed E-state index contributed by atoms with van der Waals surface area (Å²) in [5, 5.41) is 2.98. The molecule has 3 rings (SSSR count). The van der Waals surface area contributed by atoms with Gasteiger partial charge in [-0.15, -0.1) is 0 Å². The lowest BCUT2D eigenvalue weighted by Crippen LogP contribution is -2.53. The first-order valence-corrected chi connectivity index (χ1v) is 14.9. The van der Waals surface area contributed by atoms with Crippen LogP contribution in [0.25, 0.3) is 0 Å². The number of sulfonamides is 1. The summed E-state index contributed by atoms with van der Waals surface area (Å²) in [5.41, 5.74) is 1.18. The first-order valence-electron chi connectivity index (χ1n) is 12.6. The highest BCUT2D eigenvalue weighted by molar-refractivity contribution is 9.10. The number of amides is 2. The Hall–Kier alpha value is -3.17. The second kappa shape index (κ2) is 13.6. The van der Waals surface area contributed by atoms with Crippen LogP contribution in [0.4, 0.5) is 5.69 Å². The van der Waals surface area contributed by atoms with Gasteiger partial charge in [0.2, 0.25) is 11.8 Å². The fourth-order valence-corrected chi connectivity index (χ4v) is 5.83. The molecular weight excluding hydrogens is 566 g/mol. The fourth-order valence-electron chi connectivity index (χ4n) is 4.02. The van der Waals surface area contributed by atoms with Crippen LogP contribution in [0.1, 0.15) is 39.2 Å². The highest BCUT2D eigenvalue weighted by Crippen LogP contribution is 2.27. The molecule has 38 heavy (non-hydrogen) atoms. The first kappa shape index (κ1) is 29.4. The molecular formula is C29H34BrN3O4S. The Morgan fingerprint density at radius 2 is 1.53 bits per heavy atom. The maximum Gasteiger partial charge on any atom is 0.264 e. The Balaban J connectivity index is 2.03. The molecule has 0 aliphatic heterocycles. The number of halogens is 1. The van der Waals surface area contributed by atoms with Crippen LogP contribution in [0, 0.1) is 0 Å². The third-order valence-electron chi connectivity index (χ3n) is 6.29. The van der Waals surface area contributed by atoms with Gasteiger partial charge in [0, 0.05) is 17.1 Å². The Morgan fingerprint density at radius 1 is 0.895 bits per heavy atom. The van der Waals surface area contributed by atoms with Crippen molar-refractivity contribution in [2.45, 2.75) is 57.1 Å². The molecule has 3 aromatic carbocycles. The van der Waals surface area contributed by atoms with Gasteiger partial charge in [-0.05, 0) is 55.7 Å². The van der Waals surface area contributed by atoms with Crippen molar-refractivity contribution in [1.82, 2.24) is 10.2 Å². The molecule has 7 nitrogen and oxygen atoms in total. The summed E-state index contributed by atoms with van der Waals surface area (Å²) in [4.78, 5) is 28.8. The van der Waals surface area contributed by atoms with Crippen LogP contribution in [0.15, 0.2) is 94.3 Å². The number of benzene rings is 3. The van der Waals surface area contributed by atoms with E-state index in [1.807, 2.05) is 51.1 Å². The van der Waals surface area contributed by atoms with Crippen molar-refractivity contribution in [1.29, 1.82) is 0 Å². The molecule has 0 radical (unpaired) electrons. The molecule has 2 atom stereocenters. The minimum absolute atomic E-state index is 0.0538. The second-order valence-corrected chi connectivity index (χ2v) is 11.8. The lowest BCUT2D eigenvalue weighted by atomic mass is 10.1. The SMILES string of the molecule is CCC(C)NC(=O)C(CC)N(Cc1ccccc1)C(=O)CN(c1cccc(Br)c1)S(=O)(=O)c1ccccc1. The summed E-state index contributed by atoms with van der Waals surface area (Å²) in [5.74, 6) is -0.731. The molecule has 0 aromatic heterocycles. The zero-order valence-electron chi connectivity index (χ0n) is 21.9. The molecule has 0 fully saturated rings. The molecule has 2 amide bonds. The molecule has 0 heterocycles. The van der Waals surface area contributed by atoms with Gasteiger partial charge in [0.05, 0.1) is 10.6 Å². The summed E-state index contributed by atoms with van der Waals surface area (Å²) in [6.07, 6.45) is 1.13. The molecule has 3 aromatic rings. The average Bonchev–Trinajstić information content (AvgIpc) is 2.92. The maximum atomic E-state index is 14.0. The standard InChI is InChI=1S/C29H34BrN3O4S/c1-4-22(3)31-29(35)27(5-2)32(20-23-13-8-6-9-14-23)28(34)21-33(25-16-12-15-24(30)19-25)38(36,37)26-17-10-7-11-18-26/h6-19,22,27H,4-5,20-21H2,1-3H3,(H,31,35). The van der Waals surface area contributed by atoms with Gasteiger partial charge < -0.3 is 10.2 Å². The van der Waals surface area contributed by atoms with Crippen molar-refractivity contribution in [2.24, 2.45) is 0 Å². The number of nitrogens with zero attached hydrogens (tertiary/aromatic N) is 2. The highest BCUT2D eigenvalue weighted by Gasteiger charge is 2.34. The van der Waals surface area contributed by atoms with Crippen LogP contribution in [-0.2, 0) is 26.2 Å². The van der Waals surface area contributed by atoms with E-state index >= 15 is 0 Å². The van der Waals surface area contributed by atoms with E-state index in [-0.39, 0.29) is 23.4 Å². The summed E-state index contributed by atoms with van der Waals surface area (Å²) in [6.45, 7) is 5.44.